The fourth-order valence-electron chi connectivity index (χ4n) is 1.90. The number of allylic oxidation sites excluding steroid dienone is 8. The minimum atomic E-state index is -0.869. The van der Waals surface area contributed by atoms with Crippen molar-refractivity contribution in [3.05, 3.63) is 72.9 Å². The summed E-state index contributed by atoms with van der Waals surface area (Å²) in [6.07, 6.45) is 24.1. The molecule has 0 heterocycles. The van der Waals surface area contributed by atoms with Crippen LogP contribution >= 0.6 is 0 Å². The molecule has 0 aliphatic rings. The van der Waals surface area contributed by atoms with Gasteiger partial charge in [0, 0.05) is 0 Å². The van der Waals surface area contributed by atoms with Gasteiger partial charge in [-0.2, -0.15) is 0 Å². The van der Waals surface area contributed by atoms with Gasteiger partial charge in [-0.1, -0.05) is 93.2 Å². The lowest BCUT2D eigenvalue weighted by Crippen LogP contribution is -2.22. The normalized spacial score (nSPS) is 17.2. The van der Waals surface area contributed by atoms with Gasteiger partial charge in [-0.3, -0.25) is 0 Å². The van der Waals surface area contributed by atoms with Crippen LogP contribution in [0.5, 0.6) is 0 Å². The molecular formula is C22H34O3. The zero-order valence-electron chi connectivity index (χ0n) is 15.5. The quantitative estimate of drug-likeness (QED) is 0.342. The van der Waals surface area contributed by atoms with E-state index in [1.54, 1.807) is 30.4 Å². The van der Waals surface area contributed by atoms with Gasteiger partial charge in [0.2, 0.25) is 0 Å². The Labute approximate surface area is 153 Å². The van der Waals surface area contributed by atoms with Crippen LogP contribution in [0.3, 0.4) is 0 Å². The van der Waals surface area contributed by atoms with Crippen molar-refractivity contribution in [2.24, 2.45) is 0 Å². The molecule has 0 saturated carbocycles. The SMILES string of the molecule is CC/C=C\C[C@@H](O)/C=C/C=C\C=C\C=C\[C@@H](O)[C@@H](O)C/C=C\CCC. The summed E-state index contributed by atoms with van der Waals surface area (Å²) in [5, 5.41) is 29.3. The van der Waals surface area contributed by atoms with E-state index < -0.39 is 18.3 Å². The standard InChI is InChI=1S/C22H34O3/c1-3-5-7-14-18-21(24)22(25)19-15-11-9-8-10-13-17-20(23)16-12-6-4-2/h6-15,17,19-25H,3-5,16,18H2,1-2H3/b10-8-,11-9+,12-6-,14-7-,17-13+,19-15+/t20-,21+,22-/m1/s1. The highest BCUT2D eigenvalue weighted by Crippen LogP contribution is 2.03. The molecule has 0 unspecified atom stereocenters. The Morgan fingerprint density at radius 1 is 0.680 bits per heavy atom. The van der Waals surface area contributed by atoms with Gasteiger partial charge in [0.05, 0.1) is 18.3 Å². The van der Waals surface area contributed by atoms with Crippen molar-refractivity contribution in [2.45, 2.75) is 64.3 Å². The molecule has 0 aromatic rings. The van der Waals surface area contributed by atoms with Crippen molar-refractivity contribution < 1.29 is 15.3 Å². The van der Waals surface area contributed by atoms with Crippen molar-refractivity contribution in [3.8, 4) is 0 Å². The zero-order valence-corrected chi connectivity index (χ0v) is 15.5. The minimum Gasteiger partial charge on any atom is -0.390 e. The average molecular weight is 347 g/mol. The fourth-order valence-corrected chi connectivity index (χ4v) is 1.90. The minimum absolute atomic E-state index is 0.454. The molecule has 3 nitrogen and oxygen atoms in total. The summed E-state index contributed by atoms with van der Waals surface area (Å²) >= 11 is 0. The first-order valence-corrected chi connectivity index (χ1v) is 9.14. The van der Waals surface area contributed by atoms with Crippen molar-refractivity contribution in [2.75, 3.05) is 0 Å². The molecule has 0 aromatic heterocycles. The molecule has 0 saturated heterocycles. The van der Waals surface area contributed by atoms with Gasteiger partial charge in [-0.15, -0.1) is 0 Å². The predicted molar refractivity (Wildman–Crippen MR) is 107 cm³/mol. The Bertz CT molecular complexity index is 470. The second kappa shape index (κ2) is 17.2. The summed E-state index contributed by atoms with van der Waals surface area (Å²) in [4.78, 5) is 0. The third-order valence-electron chi connectivity index (χ3n) is 3.37. The van der Waals surface area contributed by atoms with Crippen LogP contribution in [0.15, 0.2) is 72.9 Å². The van der Waals surface area contributed by atoms with E-state index in [4.69, 9.17) is 0 Å². The number of rotatable bonds is 13. The van der Waals surface area contributed by atoms with Crippen LogP contribution in [0.2, 0.25) is 0 Å². The van der Waals surface area contributed by atoms with Gasteiger partial charge in [-0.25, -0.2) is 0 Å². The highest BCUT2D eigenvalue weighted by atomic mass is 16.3. The molecular weight excluding hydrogens is 312 g/mol. The lowest BCUT2D eigenvalue weighted by molar-refractivity contribution is 0.0511. The molecule has 0 fully saturated rings. The third kappa shape index (κ3) is 15.6. The molecule has 0 aromatic carbocycles. The Morgan fingerprint density at radius 3 is 1.92 bits per heavy atom. The predicted octanol–water partition coefficient (Wildman–Crippen LogP) is 4.40. The molecule has 0 spiro atoms. The molecule has 140 valence electrons. The Hall–Kier alpha value is -1.68. The molecule has 3 N–H and O–H groups in total. The van der Waals surface area contributed by atoms with E-state index in [9.17, 15) is 15.3 Å². The van der Waals surface area contributed by atoms with Crippen molar-refractivity contribution in [1.82, 2.24) is 0 Å². The maximum atomic E-state index is 9.80. The van der Waals surface area contributed by atoms with Crippen molar-refractivity contribution >= 4 is 0 Å². The number of aliphatic hydroxyl groups is 3. The van der Waals surface area contributed by atoms with Crippen molar-refractivity contribution in [3.63, 3.8) is 0 Å². The number of aliphatic hydroxyl groups excluding tert-OH is 3. The lowest BCUT2D eigenvalue weighted by Gasteiger charge is -2.11. The van der Waals surface area contributed by atoms with Crippen LogP contribution in [0.4, 0.5) is 0 Å². The molecule has 0 amide bonds. The van der Waals surface area contributed by atoms with Gasteiger partial charge < -0.3 is 15.3 Å². The number of hydrogen-bond donors (Lipinski definition) is 3. The molecule has 25 heavy (non-hydrogen) atoms. The number of unbranched alkanes of at least 4 members (excludes halogenated alkanes) is 1. The van der Waals surface area contributed by atoms with E-state index in [2.05, 4.69) is 13.8 Å². The van der Waals surface area contributed by atoms with Gasteiger partial charge in [0.25, 0.3) is 0 Å². The second-order valence-electron chi connectivity index (χ2n) is 5.78. The first-order valence-electron chi connectivity index (χ1n) is 9.14. The van der Waals surface area contributed by atoms with E-state index >= 15 is 0 Å². The van der Waals surface area contributed by atoms with E-state index in [-0.39, 0.29) is 0 Å². The number of hydrogen-bond acceptors (Lipinski definition) is 3. The summed E-state index contributed by atoms with van der Waals surface area (Å²) < 4.78 is 0. The highest BCUT2D eigenvalue weighted by Gasteiger charge is 2.10. The summed E-state index contributed by atoms with van der Waals surface area (Å²) in [7, 11) is 0. The maximum Gasteiger partial charge on any atom is 0.0986 e. The monoisotopic (exact) mass is 346 g/mol. The molecule has 0 bridgehead atoms. The summed E-state index contributed by atoms with van der Waals surface area (Å²) in [6, 6.07) is 0. The molecule has 3 heteroatoms. The first kappa shape index (κ1) is 23.3. The summed E-state index contributed by atoms with van der Waals surface area (Å²) in [6.45, 7) is 4.16. The smallest absolute Gasteiger partial charge is 0.0986 e. The van der Waals surface area contributed by atoms with Crippen LogP contribution in [0.25, 0.3) is 0 Å². The van der Waals surface area contributed by atoms with Gasteiger partial charge in [0.15, 0.2) is 0 Å². The largest absolute Gasteiger partial charge is 0.390 e. The summed E-state index contributed by atoms with van der Waals surface area (Å²) in [5.41, 5.74) is 0. The van der Waals surface area contributed by atoms with Crippen LogP contribution in [-0.4, -0.2) is 33.6 Å². The van der Waals surface area contributed by atoms with Gasteiger partial charge in [-0.05, 0) is 25.7 Å². The topological polar surface area (TPSA) is 60.7 Å². The highest BCUT2D eigenvalue weighted by molar-refractivity contribution is 5.17. The second-order valence-corrected chi connectivity index (χ2v) is 5.78. The molecule has 0 aliphatic heterocycles. The van der Waals surface area contributed by atoms with Crippen LogP contribution < -0.4 is 0 Å². The third-order valence-corrected chi connectivity index (χ3v) is 3.37. The molecule has 0 aliphatic carbocycles. The molecule has 0 rings (SSSR count). The van der Waals surface area contributed by atoms with E-state index in [0.717, 1.165) is 19.3 Å². The average Bonchev–Trinajstić information content (AvgIpc) is 2.60. The Morgan fingerprint density at radius 2 is 1.28 bits per heavy atom. The maximum absolute atomic E-state index is 9.80. The first-order chi connectivity index (χ1) is 12.1. The zero-order chi connectivity index (χ0) is 18.8. The van der Waals surface area contributed by atoms with Gasteiger partial charge in [0.1, 0.15) is 0 Å². The van der Waals surface area contributed by atoms with E-state index in [1.807, 2.05) is 42.5 Å². The van der Waals surface area contributed by atoms with Crippen molar-refractivity contribution in [1.29, 1.82) is 0 Å². The van der Waals surface area contributed by atoms with Gasteiger partial charge >= 0.3 is 0 Å². The van der Waals surface area contributed by atoms with E-state index in [1.165, 1.54) is 0 Å². The van der Waals surface area contributed by atoms with E-state index in [0.29, 0.717) is 12.8 Å². The Balaban J connectivity index is 4.04. The van der Waals surface area contributed by atoms with Crippen LogP contribution in [0, 0.1) is 0 Å². The fraction of sp³-hybridized carbons (Fsp3) is 0.455. The molecule has 0 radical (unpaired) electrons. The van der Waals surface area contributed by atoms with Crippen LogP contribution in [0.1, 0.15) is 46.0 Å². The lowest BCUT2D eigenvalue weighted by atomic mass is 10.1. The molecule has 3 atom stereocenters. The van der Waals surface area contributed by atoms with Crippen LogP contribution in [-0.2, 0) is 0 Å². The summed E-state index contributed by atoms with van der Waals surface area (Å²) in [5.74, 6) is 0. The Kier molecular flexibility index (Phi) is 16.0.